The van der Waals surface area contributed by atoms with Crippen LogP contribution in [0.3, 0.4) is 0 Å². The highest BCUT2D eigenvalue weighted by Crippen LogP contribution is 2.27. The third-order valence-corrected chi connectivity index (χ3v) is 4.73. The van der Waals surface area contributed by atoms with E-state index in [4.69, 9.17) is 9.15 Å². The first-order chi connectivity index (χ1) is 13.5. The lowest BCUT2D eigenvalue weighted by Crippen LogP contribution is -2.11. The van der Waals surface area contributed by atoms with Crippen LogP contribution in [-0.2, 0) is 0 Å². The summed E-state index contributed by atoms with van der Waals surface area (Å²) in [5, 5.41) is 2.89. The molecule has 140 valence electrons. The third kappa shape index (κ3) is 3.47. The molecule has 0 radical (unpaired) electrons. The number of hydrogen-bond acceptors (Lipinski definition) is 4. The van der Waals surface area contributed by atoms with E-state index in [0.717, 1.165) is 5.56 Å². The molecule has 1 aromatic heterocycles. The molecular formula is C23H20N2O3. The lowest BCUT2D eigenvalue weighted by molar-refractivity contribution is 0.102. The molecule has 1 N–H and O–H groups in total. The van der Waals surface area contributed by atoms with Crippen molar-refractivity contribution in [2.45, 2.75) is 13.8 Å². The predicted octanol–water partition coefficient (Wildman–Crippen LogP) is 5.37. The number of oxazole rings is 1. The monoisotopic (exact) mass is 372 g/mol. The van der Waals surface area contributed by atoms with Gasteiger partial charge in [0.15, 0.2) is 5.58 Å². The number of aromatic nitrogens is 1. The SMILES string of the molecule is COc1cccc(C(=O)Nc2ccc3oc(-c4ccc(C)c(C)c4)nc3c2)c1. The first-order valence-electron chi connectivity index (χ1n) is 8.97. The van der Waals surface area contributed by atoms with Gasteiger partial charge in [-0.1, -0.05) is 12.1 Å². The number of ether oxygens (including phenoxy) is 1. The number of amides is 1. The standard InChI is InChI=1S/C23H20N2O3/c1-14-7-8-17(11-15(14)2)23-25-20-13-18(9-10-21(20)28-23)24-22(26)16-5-4-6-19(12-16)27-3/h4-13H,1-3H3,(H,24,26). The molecule has 0 atom stereocenters. The third-order valence-electron chi connectivity index (χ3n) is 4.73. The number of carbonyl (C=O) groups is 1. The average Bonchev–Trinajstić information content (AvgIpc) is 3.13. The van der Waals surface area contributed by atoms with Gasteiger partial charge in [-0.25, -0.2) is 4.98 Å². The van der Waals surface area contributed by atoms with E-state index in [1.807, 2.05) is 12.1 Å². The van der Waals surface area contributed by atoms with Crippen LogP contribution in [0.2, 0.25) is 0 Å². The van der Waals surface area contributed by atoms with Crippen LogP contribution in [0.25, 0.3) is 22.6 Å². The Labute approximate surface area is 163 Å². The molecule has 0 aliphatic heterocycles. The zero-order chi connectivity index (χ0) is 19.7. The van der Waals surface area contributed by atoms with Gasteiger partial charge in [0.1, 0.15) is 11.3 Å². The first-order valence-corrected chi connectivity index (χ1v) is 8.97. The summed E-state index contributed by atoms with van der Waals surface area (Å²) < 4.78 is 11.1. The minimum atomic E-state index is -0.212. The Balaban J connectivity index is 1.60. The van der Waals surface area contributed by atoms with Crippen LogP contribution >= 0.6 is 0 Å². The summed E-state index contributed by atoms with van der Waals surface area (Å²) in [4.78, 5) is 17.1. The van der Waals surface area contributed by atoms with Gasteiger partial charge in [-0.05, 0) is 73.5 Å². The van der Waals surface area contributed by atoms with Crippen LogP contribution in [0.15, 0.2) is 65.1 Å². The molecule has 0 aliphatic rings. The summed E-state index contributed by atoms with van der Waals surface area (Å²) in [6.07, 6.45) is 0. The maximum Gasteiger partial charge on any atom is 0.255 e. The fourth-order valence-corrected chi connectivity index (χ4v) is 2.97. The van der Waals surface area contributed by atoms with Crippen molar-refractivity contribution >= 4 is 22.7 Å². The molecular weight excluding hydrogens is 352 g/mol. The van der Waals surface area contributed by atoms with E-state index in [0.29, 0.717) is 34.0 Å². The predicted molar refractivity (Wildman–Crippen MR) is 110 cm³/mol. The summed E-state index contributed by atoms with van der Waals surface area (Å²) in [6, 6.07) is 18.6. The summed E-state index contributed by atoms with van der Waals surface area (Å²) >= 11 is 0. The quantitative estimate of drug-likeness (QED) is 0.523. The second-order valence-electron chi connectivity index (χ2n) is 6.69. The van der Waals surface area contributed by atoms with Crippen molar-refractivity contribution in [2.24, 2.45) is 0 Å². The number of rotatable bonds is 4. The Morgan fingerprint density at radius 2 is 1.86 bits per heavy atom. The highest BCUT2D eigenvalue weighted by Gasteiger charge is 2.12. The number of carbonyl (C=O) groups excluding carboxylic acids is 1. The molecule has 4 rings (SSSR count). The molecule has 5 heteroatoms. The lowest BCUT2D eigenvalue weighted by Gasteiger charge is -2.06. The molecule has 28 heavy (non-hydrogen) atoms. The van der Waals surface area contributed by atoms with Gasteiger partial charge in [-0.2, -0.15) is 0 Å². The normalized spacial score (nSPS) is 10.8. The highest BCUT2D eigenvalue weighted by molar-refractivity contribution is 6.05. The minimum Gasteiger partial charge on any atom is -0.497 e. The Morgan fingerprint density at radius 3 is 2.64 bits per heavy atom. The van der Waals surface area contributed by atoms with Gasteiger partial charge in [-0.3, -0.25) is 4.79 Å². The molecule has 1 heterocycles. The number of methoxy groups -OCH3 is 1. The van der Waals surface area contributed by atoms with Crippen molar-refractivity contribution in [1.82, 2.24) is 4.98 Å². The fourth-order valence-electron chi connectivity index (χ4n) is 2.97. The number of fused-ring (bicyclic) bond motifs is 1. The van der Waals surface area contributed by atoms with Crippen molar-refractivity contribution in [3.05, 3.63) is 77.4 Å². The van der Waals surface area contributed by atoms with E-state index < -0.39 is 0 Å². The van der Waals surface area contributed by atoms with Crippen molar-refractivity contribution in [1.29, 1.82) is 0 Å². The smallest absolute Gasteiger partial charge is 0.255 e. The topological polar surface area (TPSA) is 64.4 Å². The van der Waals surface area contributed by atoms with E-state index in [2.05, 4.69) is 36.3 Å². The first kappa shape index (κ1) is 17.8. The fraction of sp³-hybridized carbons (Fsp3) is 0.130. The van der Waals surface area contributed by atoms with E-state index >= 15 is 0 Å². The van der Waals surface area contributed by atoms with Gasteiger partial charge in [0.2, 0.25) is 5.89 Å². The van der Waals surface area contributed by atoms with Crippen LogP contribution in [0, 0.1) is 13.8 Å². The molecule has 0 unspecified atom stereocenters. The van der Waals surface area contributed by atoms with E-state index in [1.165, 1.54) is 11.1 Å². The number of aryl methyl sites for hydroxylation is 2. The maximum absolute atomic E-state index is 12.5. The van der Waals surface area contributed by atoms with Crippen LogP contribution in [0.5, 0.6) is 5.75 Å². The maximum atomic E-state index is 12.5. The molecule has 3 aromatic carbocycles. The van der Waals surface area contributed by atoms with E-state index in [9.17, 15) is 4.79 Å². The van der Waals surface area contributed by atoms with Crippen molar-refractivity contribution in [3.63, 3.8) is 0 Å². The van der Waals surface area contributed by atoms with Gasteiger partial charge in [0, 0.05) is 16.8 Å². The second-order valence-corrected chi connectivity index (χ2v) is 6.69. The lowest BCUT2D eigenvalue weighted by atomic mass is 10.1. The Bertz CT molecular complexity index is 1180. The van der Waals surface area contributed by atoms with Gasteiger partial charge in [0.05, 0.1) is 7.11 Å². The van der Waals surface area contributed by atoms with Crippen LogP contribution in [-0.4, -0.2) is 18.0 Å². The zero-order valence-corrected chi connectivity index (χ0v) is 15.9. The van der Waals surface area contributed by atoms with Gasteiger partial charge >= 0.3 is 0 Å². The summed E-state index contributed by atoms with van der Waals surface area (Å²) in [6.45, 7) is 4.14. The minimum absolute atomic E-state index is 0.212. The largest absolute Gasteiger partial charge is 0.497 e. The summed E-state index contributed by atoms with van der Waals surface area (Å²) in [5.74, 6) is 0.989. The van der Waals surface area contributed by atoms with Gasteiger partial charge in [-0.15, -0.1) is 0 Å². The number of anilines is 1. The number of nitrogens with zero attached hydrogens (tertiary/aromatic N) is 1. The van der Waals surface area contributed by atoms with Gasteiger partial charge < -0.3 is 14.5 Å². The molecule has 0 spiro atoms. The van der Waals surface area contributed by atoms with Crippen LogP contribution in [0.1, 0.15) is 21.5 Å². The number of benzene rings is 3. The zero-order valence-electron chi connectivity index (χ0n) is 15.9. The molecule has 5 nitrogen and oxygen atoms in total. The van der Waals surface area contributed by atoms with Crippen LogP contribution in [0.4, 0.5) is 5.69 Å². The average molecular weight is 372 g/mol. The molecule has 4 aromatic rings. The Kier molecular flexibility index (Phi) is 4.57. The molecule has 1 amide bonds. The van der Waals surface area contributed by atoms with Crippen molar-refractivity contribution < 1.29 is 13.9 Å². The molecule has 0 bridgehead atoms. The number of hydrogen-bond donors (Lipinski definition) is 1. The highest BCUT2D eigenvalue weighted by atomic mass is 16.5. The molecule has 0 fully saturated rings. The second kappa shape index (κ2) is 7.19. The van der Waals surface area contributed by atoms with Gasteiger partial charge in [0.25, 0.3) is 5.91 Å². The summed E-state index contributed by atoms with van der Waals surface area (Å²) in [5.41, 5.74) is 5.88. The number of nitrogens with one attached hydrogen (secondary N) is 1. The molecule has 0 saturated heterocycles. The van der Waals surface area contributed by atoms with E-state index in [-0.39, 0.29) is 5.91 Å². The Morgan fingerprint density at radius 1 is 1.00 bits per heavy atom. The van der Waals surface area contributed by atoms with E-state index in [1.54, 1.807) is 43.5 Å². The van der Waals surface area contributed by atoms with Crippen molar-refractivity contribution in [2.75, 3.05) is 12.4 Å². The van der Waals surface area contributed by atoms with Crippen LogP contribution < -0.4 is 10.1 Å². The summed E-state index contributed by atoms with van der Waals surface area (Å²) in [7, 11) is 1.57. The molecule has 0 aliphatic carbocycles. The molecule has 0 saturated carbocycles. The Hall–Kier alpha value is -3.60. The van der Waals surface area contributed by atoms with Crippen molar-refractivity contribution in [3.8, 4) is 17.2 Å².